The fourth-order valence-electron chi connectivity index (χ4n) is 3.75. The predicted octanol–water partition coefficient (Wildman–Crippen LogP) is 4.40. The van der Waals surface area contributed by atoms with Crippen molar-refractivity contribution in [2.75, 3.05) is 13.1 Å². The number of rotatable bonds is 7. The molecular formula is C23H24Cl2FN2O4S-. The van der Waals surface area contributed by atoms with Gasteiger partial charge in [-0.1, -0.05) is 34.3 Å². The van der Waals surface area contributed by atoms with Gasteiger partial charge in [-0.25, -0.2) is 4.39 Å². The summed E-state index contributed by atoms with van der Waals surface area (Å²) in [5.41, 5.74) is 7.21. The van der Waals surface area contributed by atoms with E-state index in [0.717, 1.165) is 49.9 Å². The van der Waals surface area contributed by atoms with E-state index in [1.807, 2.05) is 0 Å². The number of likely N-dealkylation sites (tertiary alicyclic amines) is 1. The number of ether oxygens (including phenoxy) is 1. The molecule has 2 N–H and O–H groups in total. The number of hydrogen-bond acceptors (Lipinski definition) is 5. The van der Waals surface area contributed by atoms with Crippen LogP contribution >= 0.6 is 23.2 Å². The maximum Gasteiger partial charge on any atom is 0.251 e. The molecule has 1 heterocycles. The van der Waals surface area contributed by atoms with Crippen LogP contribution in [0.15, 0.2) is 30.3 Å². The molecule has 0 aromatic heterocycles. The van der Waals surface area contributed by atoms with Gasteiger partial charge in [0.15, 0.2) is 0 Å². The van der Waals surface area contributed by atoms with E-state index in [9.17, 15) is 17.9 Å². The Balaban J connectivity index is 0.000000376. The Morgan fingerprint density at radius 2 is 1.76 bits per heavy atom. The molecule has 10 heteroatoms. The fraction of sp³-hybridized carbons (Fsp3) is 0.435. The number of nitrogens with two attached hydrogens (primary N) is 1. The van der Waals surface area contributed by atoms with Gasteiger partial charge in [0.05, 0.1) is 5.56 Å². The molecule has 5 rings (SSSR count). The lowest BCUT2D eigenvalue weighted by Crippen LogP contribution is -2.53. The lowest BCUT2D eigenvalue weighted by molar-refractivity contribution is 0.0144. The molecule has 2 saturated carbocycles. The van der Waals surface area contributed by atoms with E-state index in [1.165, 1.54) is 6.07 Å². The van der Waals surface area contributed by atoms with Crippen LogP contribution in [0, 0.1) is 5.82 Å². The molecule has 6 nitrogen and oxygen atoms in total. The van der Waals surface area contributed by atoms with Crippen molar-refractivity contribution in [1.29, 1.82) is 0 Å². The number of carbonyl (C=O) groups is 1. The molecular weight excluding hydrogens is 490 g/mol. The van der Waals surface area contributed by atoms with E-state index in [0.29, 0.717) is 28.3 Å². The second-order valence-electron chi connectivity index (χ2n) is 8.67. The van der Waals surface area contributed by atoms with Gasteiger partial charge in [-0.2, -0.15) is 0 Å². The second-order valence-corrected chi connectivity index (χ2v) is 10.7. The molecule has 3 fully saturated rings. The number of amides is 1. The van der Waals surface area contributed by atoms with Crippen LogP contribution in [0.2, 0.25) is 10.0 Å². The van der Waals surface area contributed by atoms with E-state index in [2.05, 4.69) is 4.90 Å². The summed E-state index contributed by atoms with van der Waals surface area (Å²) in [6.07, 6.45) is 3.95. The predicted molar refractivity (Wildman–Crippen MR) is 125 cm³/mol. The van der Waals surface area contributed by atoms with Crippen LogP contribution in [-0.2, 0) is 17.6 Å². The SMILES string of the molecule is NC(=O)c1cc(C2CC2)c(CN2CC(Oc3cc(Cl)cc(Cl)c3)C2)cc1F.O=S([O-])C1CC1. The molecule has 1 amide bonds. The van der Waals surface area contributed by atoms with Gasteiger partial charge in [-0.05, 0) is 73.1 Å². The van der Waals surface area contributed by atoms with Crippen LogP contribution in [0.1, 0.15) is 53.1 Å². The van der Waals surface area contributed by atoms with Gasteiger partial charge in [0.1, 0.15) is 17.7 Å². The Morgan fingerprint density at radius 3 is 2.24 bits per heavy atom. The molecule has 0 spiro atoms. The Bertz CT molecular complexity index is 1050. The van der Waals surface area contributed by atoms with E-state index < -0.39 is 22.8 Å². The Kier molecular flexibility index (Phi) is 7.60. The summed E-state index contributed by atoms with van der Waals surface area (Å²) in [7, 11) is 0. The minimum atomic E-state index is -1.76. The Morgan fingerprint density at radius 1 is 1.12 bits per heavy atom. The minimum Gasteiger partial charge on any atom is -0.772 e. The highest BCUT2D eigenvalue weighted by atomic mass is 35.5. The average molecular weight is 514 g/mol. The van der Waals surface area contributed by atoms with Gasteiger partial charge in [0.2, 0.25) is 0 Å². The first-order chi connectivity index (χ1) is 15.7. The highest BCUT2D eigenvalue weighted by molar-refractivity contribution is 7.80. The van der Waals surface area contributed by atoms with Crippen LogP contribution in [0.5, 0.6) is 5.75 Å². The lowest BCUT2D eigenvalue weighted by Gasteiger charge is -2.39. The van der Waals surface area contributed by atoms with Crippen LogP contribution in [0.25, 0.3) is 0 Å². The van der Waals surface area contributed by atoms with Crippen molar-refractivity contribution in [3.05, 3.63) is 62.9 Å². The molecule has 33 heavy (non-hydrogen) atoms. The van der Waals surface area contributed by atoms with Gasteiger partial charge in [0, 0.05) is 34.9 Å². The molecule has 1 unspecified atom stereocenters. The van der Waals surface area contributed by atoms with Crippen molar-refractivity contribution < 1.29 is 22.7 Å². The fourth-order valence-corrected chi connectivity index (χ4v) is 4.77. The van der Waals surface area contributed by atoms with Crippen molar-refractivity contribution in [2.24, 2.45) is 5.73 Å². The van der Waals surface area contributed by atoms with Crippen LogP contribution in [0.4, 0.5) is 4.39 Å². The van der Waals surface area contributed by atoms with E-state index >= 15 is 0 Å². The molecule has 2 aromatic carbocycles. The molecule has 0 radical (unpaired) electrons. The Hall–Kier alpha value is -1.71. The normalized spacial score (nSPS) is 19.3. The van der Waals surface area contributed by atoms with Crippen molar-refractivity contribution in [1.82, 2.24) is 4.90 Å². The number of benzene rings is 2. The van der Waals surface area contributed by atoms with E-state index in [-0.39, 0.29) is 16.9 Å². The molecule has 178 valence electrons. The van der Waals surface area contributed by atoms with Gasteiger partial charge >= 0.3 is 0 Å². The van der Waals surface area contributed by atoms with E-state index in [1.54, 1.807) is 24.3 Å². The first kappa shape index (κ1) is 24.4. The van der Waals surface area contributed by atoms with E-state index in [4.69, 9.17) is 33.7 Å². The van der Waals surface area contributed by atoms with Gasteiger partial charge in [-0.15, -0.1) is 0 Å². The zero-order valence-corrected chi connectivity index (χ0v) is 20.1. The molecule has 1 saturated heterocycles. The summed E-state index contributed by atoms with van der Waals surface area (Å²) in [6.45, 7) is 2.08. The monoisotopic (exact) mass is 513 g/mol. The highest BCUT2D eigenvalue weighted by Crippen LogP contribution is 2.43. The molecule has 1 atom stereocenters. The zero-order chi connectivity index (χ0) is 23.7. The molecule has 1 aliphatic heterocycles. The molecule has 0 bridgehead atoms. The highest BCUT2D eigenvalue weighted by Gasteiger charge is 2.32. The summed E-state index contributed by atoms with van der Waals surface area (Å²) < 4.78 is 39.6. The van der Waals surface area contributed by atoms with Gasteiger partial charge in [-0.3, -0.25) is 13.9 Å². The van der Waals surface area contributed by atoms with Crippen LogP contribution in [0.3, 0.4) is 0 Å². The number of halogens is 3. The third-order valence-corrected chi connectivity index (χ3v) is 7.22. The number of hydrogen-bond donors (Lipinski definition) is 1. The topological polar surface area (TPSA) is 95.7 Å². The van der Waals surface area contributed by atoms with Crippen LogP contribution in [-0.4, -0.2) is 44.0 Å². The summed E-state index contributed by atoms with van der Waals surface area (Å²) in [4.78, 5) is 13.6. The zero-order valence-electron chi connectivity index (χ0n) is 17.8. The maximum atomic E-state index is 14.2. The third-order valence-electron chi connectivity index (χ3n) is 5.76. The average Bonchev–Trinajstić information content (AvgIpc) is 3.59. The summed E-state index contributed by atoms with van der Waals surface area (Å²) in [5, 5.41) is 1.09. The molecule has 3 aliphatic rings. The van der Waals surface area contributed by atoms with Gasteiger partial charge in [0.25, 0.3) is 5.91 Å². The lowest BCUT2D eigenvalue weighted by atomic mass is 9.97. The third kappa shape index (κ3) is 6.67. The second kappa shape index (κ2) is 10.3. The van der Waals surface area contributed by atoms with Crippen LogP contribution < -0.4 is 10.5 Å². The standard InChI is InChI=1S/C20H19Cl2FN2O2.C3H6O2S/c21-13-4-14(22)6-15(5-13)27-16-9-25(10-16)8-12-3-19(23)18(20(24)26)7-17(12)11-1-2-11;4-6(5)3-1-2-3/h3-7,11,16H,1-2,8-10H2,(H2,24,26);3H,1-2H2,(H,4,5)/p-1. The number of carbonyl (C=O) groups excluding carboxylic acids is 1. The Labute approximate surface area is 204 Å². The largest absolute Gasteiger partial charge is 0.772 e. The van der Waals surface area contributed by atoms with Crippen molar-refractivity contribution in [2.45, 2.75) is 49.5 Å². The molecule has 2 aromatic rings. The summed E-state index contributed by atoms with van der Waals surface area (Å²) in [5.74, 6) is -0.226. The smallest absolute Gasteiger partial charge is 0.251 e. The maximum absolute atomic E-state index is 14.2. The number of primary amides is 1. The van der Waals surface area contributed by atoms with Crippen molar-refractivity contribution >= 4 is 40.2 Å². The van der Waals surface area contributed by atoms with Crippen molar-refractivity contribution in [3.63, 3.8) is 0 Å². The van der Waals surface area contributed by atoms with Gasteiger partial charge < -0.3 is 15.0 Å². The number of nitrogens with zero attached hydrogens (tertiary/aromatic N) is 1. The first-order valence-electron chi connectivity index (χ1n) is 10.7. The summed E-state index contributed by atoms with van der Waals surface area (Å²) in [6, 6.07) is 8.22. The van der Waals surface area contributed by atoms with Crippen molar-refractivity contribution in [3.8, 4) is 5.75 Å². The first-order valence-corrected chi connectivity index (χ1v) is 12.6. The quantitative estimate of drug-likeness (QED) is 0.553. The molecule has 2 aliphatic carbocycles. The summed E-state index contributed by atoms with van der Waals surface area (Å²) >= 11 is 10.2. The minimum absolute atomic E-state index is 0.0185.